The van der Waals surface area contributed by atoms with Crippen LogP contribution in [0.2, 0.25) is 0 Å². The Kier molecular flexibility index (Phi) is 6.78. The molecule has 0 bridgehead atoms. The van der Waals surface area contributed by atoms with Gasteiger partial charge in [0.05, 0.1) is 22.9 Å². The summed E-state index contributed by atoms with van der Waals surface area (Å²) in [7, 11) is 3.21. The van der Waals surface area contributed by atoms with E-state index in [1.165, 1.54) is 7.11 Å². The lowest BCUT2D eigenvalue weighted by Crippen LogP contribution is -2.50. The summed E-state index contributed by atoms with van der Waals surface area (Å²) in [5, 5.41) is 4.83. The van der Waals surface area contributed by atoms with Crippen LogP contribution in [0.5, 0.6) is 5.75 Å². The van der Waals surface area contributed by atoms with Crippen LogP contribution in [0, 0.1) is 5.82 Å². The van der Waals surface area contributed by atoms with Gasteiger partial charge in [0.25, 0.3) is 0 Å². The first-order chi connectivity index (χ1) is 18.1. The summed E-state index contributed by atoms with van der Waals surface area (Å²) in [6.07, 6.45) is 3.07. The van der Waals surface area contributed by atoms with Crippen molar-refractivity contribution >= 4 is 33.7 Å². The maximum atomic E-state index is 15.3. The van der Waals surface area contributed by atoms with Crippen molar-refractivity contribution in [3.05, 3.63) is 42.5 Å². The molecule has 5 rings (SSSR count). The van der Waals surface area contributed by atoms with E-state index < -0.39 is 11.4 Å². The average molecular weight is 523 g/mol. The van der Waals surface area contributed by atoms with Crippen molar-refractivity contribution in [2.45, 2.75) is 26.4 Å². The van der Waals surface area contributed by atoms with Gasteiger partial charge < -0.3 is 24.0 Å². The molecule has 0 saturated carbocycles. The number of aryl methyl sites for hydroxylation is 1. The normalized spacial score (nSPS) is 14.4. The zero-order valence-corrected chi connectivity index (χ0v) is 22.2. The SMILES string of the molecule is COCOc1c(-c2cnc3cc(N4CCN(C(=O)OC(C)(C)C)CC4)ccc3n2)cc2cn(C)nc2c1F. The molecule has 0 N–H and O–H groups in total. The van der Waals surface area contributed by atoms with E-state index >= 15 is 4.39 Å². The van der Waals surface area contributed by atoms with Crippen LogP contribution in [0.1, 0.15) is 20.8 Å². The molecular weight excluding hydrogens is 491 g/mol. The lowest BCUT2D eigenvalue weighted by Gasteiger charge is -2.36. The Hall–Kier alpha value is -3.99. The number of carbonyl (C=O) groups excluding carboxylic acids is 1. The molecule has 0 unspecified atom stereocenters. The minimum atomic E-state index is -0.571. The second-order valence-corrected chi connectivity index (χ2v) is 10.2. The molecule has 1 amide bonds. The smallest absolute Gasteiger partial charge is 0.410 e. The fourth-order valence-electron chi connectivity index (χ4n) is 4.48. The zero-order chi connectivity index (χ0) is 27.0. The van der Waals surface area contributed by atoms with Gasteiger partial charge in [0, 0.05) is 63.2 Å². The molecule has 1 aliphatic heterocycles. The van der Waals surface area contributed by atoms with E-state index in [1.807, 2.05) is 39.0 Å². The molecule has 0 aliphatic carbocycles. The van der Waals surface area contributed by atoms with Crippen LogP contribution in [0.15, 0.2) is 36.7 Å². The second kappa shape index (κ2) is 10.1. The fraction of sp³-hybridized carbons (Fsp3) is 0.407. The van der Waals surface area contributed by atoms with Crippen LogP contribution >= 0.6 is 0 Å². The van der Waals surface area contributed by atoms with Crippen molar-refractivity contribution in [3.8, 4) is 17.0 Å². The number of rotatable bonds is 5. The minimum Gasteiger partial charge on any atom is -0.464 e. The topological polar surface area (TPSA) is 94.8 Å². The maximum Gasteiger partial charge on any atom is 0.410 e. The number of halogens is 1. The van der Waals surface area contributed by atoms with Crippen molar-refractivity contribution in [1.82, 2.24) is 24.6 Å². The predicted octanol–water partition coefficient (Wildman–Crippen LogP) is 4.36. The molecule has 1 aliphatic rings. The number of hydrogen-bond acceptors (Lipinski definition) is 8. The summed E-state index contributed by atoms with van der Waals surface area (Å²) in [6.45, 7) is 7.99. The predicted molar refractivity (Wildman–Crippen MR) is 142 cm³/mol. The van der Waals surface area contributed by atoms with Gasteiger partial charge in [-0.1, -0.05) is 0 Å². The van der Waals surface area contributed by atoms with Crippen LogP contribution in [0.4, 0.5) is 14.9 Å². The average Bonchev–Trinajstić information content (AvgIpc) is 3.27. The Morgan fingerprint density at radius 2 is 1.87 bits per heavy atom. The van der Waals surface area contributed by atoms with E-state index in [1.54, 1.807) is 35.1 Å². The molecule has 200 valence electrons. The van der Waals surface area contributed by atoms with Crippen molar-refractivity contribution in [3.63, 3.8) is 0 Å². The fourth-order valence-corrected chi connectivity index (χ4v) is 4.48. The van der Waals surface area contributed by atoms with Crippen LogP contribution in [0.25, 0.3) is 33.2 Å². The highest BCUT2D eigenvalue weighted by molar-refractivity contribution is 5.89. The number of amides is 1. The van der Waals surface area contributed by atoms with E-state index in [4.69, 9.17) is 19.2 Å². The van der Waals surface area contributed by atoms with Gasteiger partial charge in [-0.15, -0.1) is 0 Å². The van der Waals surface area contributed by atoms with Crippen LogP contribution in [-0.4, -0.2) is 76.4 Å². The third kappa shape index (κ3) is 5.19. The monoisotopic (exact) mass is 522 g/mol. The molecular formula is C27H31FN6O4. The highest BCUT2D eigenvalue weighted by Gasteiger charge is 2.26. The summed E-state index contributed by atoms with van der Waals surface area (Å²) in [4.78, 5) is 25.7. The van der Waals surface area contributed by atoms with E-state index in [2.05, 4.69) is 15.0 Å². The molecule has 0 spiro atoms. The Balaban J connectivity index is 1.39. The number of nitrogens with zero attached hydrogens (tertiary/aromatic N) is 6. The summed E-state index contributed by atoms with van der Waals surface area (Å²) in [5.41, 5.74) is 3.02. The minimum absolute atomic E-state index is 0.0196. The first kappa shape index (κ1) is 25.7. The van der Waals surface area contributed by atoms with Crippen LogP contribution in [0.3, 0.4) is 0 Å². The highest BCUT2D eigenvalue weighted by atomic mass is 19.1. The zero-order valence-electron chi connectivity index (χ0n) is 22.2. The number of anilines is 1. The number of methoxy groups -OCH3 is 1. The summed E-state index contributed by atoms with van der Waals surface area (Å²) < 4.78 is 33.0. The molecule has 10 nitrogen and oxygen atoms in total. The van der Waals surface area contributed by atoms with Gasteiger partial charge in [0.2, 0.25) is 0 Å². The maximum absolute atomic E-state index is 15.3. The number of ether oxygens (including phenoxy) is 3. The molecule has 3 heterocycles. The molecule has 4 aromatic rings. The number of carbonyl (C=O) groups is 1. The molecule has 0 atom stereocenters. The molecule has 11 heteroatoms. The lowest BCUT2D eigenvalue weighted by molar-refractivity contribution is 0.0240. The quantitative estimate of drug-likeness (QED) is 0.357. The van der Waals surface area contributed by atoms with Gasteiger partial charge in [-0.05, 0) is 45.0 Å². The molecule has 1 saturated heterocycles. The number of piperazine rings is 1. The highest BCUT2D eigenvalue weighted by Crippen LogP contribution is 2.37. The van der Waals surface area contributed by atoms with Crippen molar-refractivity contribution < 1.29 is 23.4 Å². The number of benzene rings is 2. The van der Waals surface area contributed by atoms with Crippen LogP contribution < -0.4 is 9.64 Å². The standard InChI is InChI=1S/C27H31FN6O4/c1-27(2,3)38-26(35)34-10-8-33(9-11-34)18-6-7-20-21(13-18)29-14-22(30-20)19-12-17-15-32(4)31-24(17)23(28)25(19)37-16-36-5/h6-7,12-15H,8-11,16H2,1-5H3. The molecule has 2 aromatic heterocycles. The van der Waals surface area contributed by atoms with E-state index in [9.17, 15) is 4.79 Å². The molecule has 1 fully saturated rings. The van der Waals surface area contributed by atoms with Crippen molar-refractivity contribution in [2.75, 3.05) is 45.0 Å². The van der Waals surface area contributed by atoms with E-state index in [0.717, 1.165) is 5.69 Å². The summed E-state index contributed by atoms with van der Waals surface area (Å²) in [6, 6.07) is 7.65. The largest absolute Gasteiger partial charge is 0.464 e. The van der Waals surface area contributed by atoms with Gasteiger partial charge in [0.15, 0.2) is 18.4 Å². The third-order valence-electron chi connectivity index (χ3n) is 6.23. The Labute approximate surface area is 219 Å². The number of aromatic nitrogens is 4. The first-order valence-electron chi connectivity index (χ1n) is 12.4. The third-order valence-corrected chi connectivity index (χ3v) is 6.23. The van der Waals surface area contributed by atoms with E-state index in [-0.39, 0.29) is 24.2 Å². The number of fused-ring (bicyclic) bond motifs is 2. The summed E-state index contributed by atoms with van der Waals surface area (Å²) >= 11 is 0. The van der Waals surface area contributed by atoms with Crippen molar-refractivity contribution in [1.29, 1.82) is 0 Å². The number of hydrogen-bond donors (Lipinski definition) is 0. The Morgan fingerprint density at radius 3 is 2.58 bits per heavy atom. The van der Waals surface area contributed by atoms with Crippen LogP contribution in [-0.2, 0) is 16.5 Å². The van der Waals surface area contributed by atoms with Gasteiger partial charge in [-0.25, -0.2) is 14.2 Å². The molecule has 2 aromatic carbocycles. The van der Waals surface area contributed by atoms with Crippen molar-refractivity contribution in [2.24, 2.45) is 7.05 Å². The Morgan fingerprint density at radius 1 is 1.11 bits per heavy atom. The van der Waals surface area contributed by atoms with Gasteiger partial charge >= 0.3 is 6.09 Å². The van der Waals surface area contributed by atoms with Gasteiger partial charge in [0.1, 0.15) is 11.1 Å². The first-order valence-corrected chi connectivity index (χ1v) is 12.4. The molecule has 38 heavy (non-hydrogen) atoms. The summed E-state index contributed by atoms with van der Waals surface area (Å²) in [5.74, 6) is -0.552. The second-order valence-electron chi connectivity index (χ2n) is 10.2. The van der Waals surface area contributed by atoms with Gasteiger partial charge in [-0.3, -0.25) is 9.67 Å². The Bertz CT molecular complexity index is 1490. The molecule has 0 radical (unpaired) electrons. The van der Waals surface area contributed by atoms with E-state index in [0.29, 0.717) is 53.9 Å². The lowest BCUT2D eigenvalue weighted by atomic mass is 10.1. The van der Waals surface area contributed by atoms with Gasteiger partial charge in [-0.2, -0.15) is 5.10 Å².